The number of esters is 1. The molecular formula is C52H67N7O8. The number of ether oxygens (including phenoxy) is 2. The predicted octanol–water partition coefficient (Wildman–Crippen LogP) is 6.30. The van der Waals surface area contributed by atoms with Crippen molar-refractivity contribution >= 4 is 46.3 Å². The van der Waals surface area contributed by atoms with E-state index in [1.54, 1.807) is 39.1 Å². The lowest BCUT2D eigenvalue weighted by molar-refractivity contribution is -0.156. The number of likely N-dealkylation sites (N-methyl/N-ethyl adjacent to an activating group) is 1. The minimum Gasteiger partial charge on any atom is -0.463 e. The highest BCUT2D eigenvalue weighted by Gasteiger charge is 2.40. The Bertz CT molecular complexity index is 2500. The summed E-state index contributed by atoms with van der Waals surface area (Å²) in [6.07, 6.45) is 4.26. The number of hydrogen-bond donors (Lipinski definition) is 2. The van der Waals surface area contributed by atoms with Crippen molar-refractivity contribution in [2.24, 2.45) is 17.3 Å². The number of methoxy groups -OCH3 is 1. The van der Waals surface area contributed by atoms with Crippen LogP contribution in [0.15, 0.2) is 79.5 Å². The normalized spacial score (nSPS) is 17.8. The summed E-state index contributed by atoms with van der Waals surface area (Å²) in [7, 11) is 3.26. The number of likely N-dealkylation sites (tertiary alicyclic amines) is 1. The molecule has 358 valence electrons. The van der Waals surface area contributed by atoms with E-state index in [4.69, 9.17) is 9.47 Å². The lowest BCUT2D eigenvalue weighted by Gasteiger charge is -2.37. The van der Waals surface area contributed by atoms with E-state index in [2.05, 4.69) is 64.1 Å². The second kappa shape index (κ2) is 21.6. The number of hydrogen-bond acceptors (Lipinski definition) is 10. The molecule has 0 aliphatic carbocycles. The number of nitrogens with one attached hydrogen (secondary N) is 2. The molecule has 2 aliphatic rings. The van der Waals surface area contributed by atoms with Crippen molar-refractivity contribution in [1.82, 2.24) is 35.1 Å². The lowest BCUT2D eigenvalue weighted by Crippen LogP contribution is -2.62. The summed E-state index contributed by atoms with van der Waals surface area (Å²) in [5.41, 5.74) is 8.80. The molecule has 5 atom stereocenters. The minimum absolute atomic E-state index is 0.0995. The van der Waals surface area contributed by atoms with Gasteiger partial charge in [0.1, 0.15) is 30.5 Å². The van der Waals surface area contributed by atoms with Crippen LogP contribution in [0, 0.1) is 17.3 Å². The number of carbonyl (C=O) groups excluding carboxylic acids is 6. The number of carbonyl (C=O) groups is 6. The van der Waals surface area contributed by atoms with Crippen molar-refractivity contribution in [3.8, 4) is 22.4 Å². The molecule has 2 aliphatic heterocycles. The Balaban J connectivity index is 1.29. The van der Waals surface area contributed by atoms with Gasteiger partial charge in [-0.15, -0.1) is 0 Å². The average Bonchev–Trinajstić information content (AvgIpc) is 3.97. The molecule has 2 aromatic carbocycles. The smallest absolute Gasteiger partial charge is 0.324 e. The standard InChI is InChI=1S/C52H67N7O8/c1-11-45(61)57-25-22-38(30-57)49(63)56(9)47(32(3)4)48(62)54-42(50(64)59-24-15-19-41(55-59)51(65)67-31-52(7,8)34(6)60)27-35-16-13-17-36(26-35)37-20-21-43-39(28-37)29-44(58(43)12-2)40-18-14-23-53-46(40)33(5)66-10/h11,13-14,16-18,20-21,23,26,28-29,32-33,38,41-42,47,55H,1,12,15,19,22,24-25,27,30-31H2,2-10H3,(H,54,62)/t33-,38-,41-,42-,47-/m0/s1. The third kappa shape index (κ3) is 11.3. The van der Waals surface area contributed by atoms with E-state index in [9.17, 15) is 28.8 Å². The van der Waals surface area contributed by atoms with Gasteiger partial charge < -0.3 is 29.2 Å². The summed E-state index contributed by atoms with van der Waals surface area (Å²) < 4.78 is 13.5. The summed E-state index contributed by atoms with van der Waals surface area (Å²) in [5, 5.41) is 5.44. The fourth-order valence-corrected chi connectivity index (χ4v) is 9.05. The molecule has 2 saturated heterocycles. The van der Waals surface area contributed by atoms with Gasteiger partial charge in [0.05, 0.1) is 28.8 Å². The topological polar surface area (TPSA) is 172 Å². The van der Waals surface area contributed by atoms with Gasteiger partial charge in [-0.05, 0) is 113 Å². The molecule has 6 rings (SSSR count). The van der Waals surface area contributed by atoms with E-state index in [1.165, 1.54) is 22.9 Å². The molecule has 4 heterocycles. The molecule has 2 aromatic heterocycles. The molecule has 2 fully saturated rings. The molecule has 0 unspecified atom stereocenters. The summed E-state index contributed by atoms with van der Waals surface area (Å²) in [6.45, 7) is 17.8. The van der Waals surface area contributed by atoms with Crippen LogP contribution in [-0.2, 0) is 51.2 Å². The number of ketones is 1. The third-order valence-corrected chi connectivity index (χ3v) is 13.3. The summed E-state index contributed by atoms with van der Waals surface area (Å²) in [5.74, 6) is -3.00. The van der Waals surface area contributed by atoms with Crippen LogP contribution in [0.1, 0.15) is 85.1 Å². The van der Waals surface area contributed by atoms with Crippen LogP contribution in [0.3, 0.4) is 0 Å². The van der Waals surface area contributed by atoms with Gasteiger partial charge in [-0.25, -0.2) is 5.43 Å². The zero-order chi connectivity index (χ0) is 48.7. The number of hydrazine groups is 1. The van der Waals surface area contributed by atoms with Crippen LogP contribution in [0.5, 0.6) is 0 Å². The maximum atomic E-state index is 14.7. The number of amides is 4. The summed E-state index contributed by atoms with van der Waals surface area (Å²) in [6, 6.07) is 17.5. The molecule has 4 aromatic rings. The van der Waals surface area contributed by atoms with Gasteiger partial charge in [-0.3, -0.25) is 38.8 Å². The number of aryl methyl sites for hydroxylation is 1. The van der Waals surface area contributed by atoms with Crippen LogP contribution in [0.25, 0.3) is 33.3 Å². The summed E-state index contributed by atoms with van der Waals surface area (Å²) in [4.78, 5) is 88.6. The highest BCUT2D eigenvalue weighted by Crippen LogP contribution is 2.35. The van der Waals surface area contributed by atoms with Crippen LogP contribution in [0.2, 0.25) is 0 Å². The van der Waals surface area contributed by atoms with Gasteiger partial charge in [0, 0.05) is 69.4 Å². The number of benzene rings is 2. The van der Waals surface area contributed by atoms with E-state index in [-0.39, 0.29) is 55.7 Å². The molecule has 2 N–H and O–H groups in total. The van der Waals surface area contributed by atoms with Gasteiger partial charge in [-0.2, -0.15) is 0 Å². The lowest BCUT2D eigenvalue weighted by atomic mass is 9.90. The zero-order valence-electron chi connectivity index (χ0n) is 40.5. The van der Waals surface area contributed by atoms with Crippen molar-refractivity contribution in [3.05, 3.63) is 90.8 Å². The molecule has 0 radical (unpaired) electrons. The maximum Gasteiger partial charge on any atom is 0.324 e. The Morgan fingerprint density at radius 3 is 2.43 bits per heavy atom. The van der Waals surface area contributed by atoms with Crippen LogP contribution >= 0.6 is 0 Å². The predicted molar refractivity (Wildman–Crippen MR) is 257 cm³/mol. The monoisotopic (exact) mass is 918 g/mol. The number of aromatic nitrogens is 2. The minimum atomic E-state index is -1.11. The Hall–Kier alpha value is -6.19. The van der Waals surface area contributed by atoms with Crippen LogP contribution in [0.4, 0.5) is 0 Å². The van der Waals surface area contributed by atoms with Gasteiger partial charge in [0.2, 0.25) is 17.7 Å². The van der Waals surface area contributed by atoms with Crippen molar-refractivity contribution < 1.29 is 38.2 Å². The van der Waals surface area contributed by atoms with E-state index in [1.807, 2.05) is 51.1 Å². The first-order chi connectivity index (χ1) is 31.9. The fourth-order valence-electron chi connectivity index (χ4n) is 9.05. The van der Waals surface area contributed by atoms with E-state index >= 15 is 0 Å². The van der Waals surface area contributed by atoms with Crippen molar-refractivity contribution in [3.63, 3.8) is 0 Å². The fraction of sp³-hybridized carbons (Fsp3) is 0.481. The van der Waals surface area contributed by atoms with Gasteiger partial charge in [0.25, 0.3) is 5.91 Å². The van der Waals surface area contributed by atoms with Crippen molar-refractivity contribution in [1.29, 1.82) is 0 Å². The average molecular weight is 918 g/mol. The SMILES string of the molecule is C=CC(=O)N1CC[C@H](C(=O)N(C)[C@H](C(=O)N[C@@H](Cc2cccc(-c3ccc4c(c3)cc(-c3cccnc3[C@H](C)OC)n4CC)c2)C(=O)N2CCC[C@@H](C(=O)OCC(C)(C)C(C)=O)N2)C(C)C)C1. The summed E-state index contributed by atoms with van der Waals surface area (Å²) >= 11 is 0. The highest BCUT2D eigenvalue weighted by atomic mass is 16.5. The van der Waals surface area contributed by atoms with Crippen molar-refractivity contribution in [2.75, 3.05) is 40.4 Å². The first kappa shape index (κ1) is 50.2. The van der Waals surface area contributed by atoms with Gasteiger partial charge in [0.15, 0.2) is 0 Å². The Morgan fingerprint density at radius 1 is 1.00 bits per heavy atom. The zero-order valence-corrected chi connectivity index (χ0v) is 40.5. The van der Waals surface area contributed by atoms with E-state index < -0.39 is 47.2 Å². The first-order valence-corrected chi connectivity index (χ1v) is 23.3. The first-order valence-electron chi connectivity index (χ1n) is 23.3. The molecule has 0 bridgehead atoms. The van der Waals surface area contributed by atoms with Gasteiger partial charge >= 0.3 is 5.97 Å². The molecule has 0 saturated carbocycles. The van der Waals surface area contributed by atoms with Crippen molar-refractivity contribution in [2.45, 2.75) is 105 Å². The Morgan fingerprint density at radius 2 is 1.75 bits per heavy atom. The second-order valence-corrected chi connectivity index (χ2v) is 18.8. The molecule has 0 spiro atoms. The Kier molecular flexibility index (Phi) is 16.2. The number of nitrogens with zero attached hydrogens (tertiary/aromatic N) is 5. The maximum absolute atomic E-state index is 14.7. The number of pyridine rings is 1. The number of rotatable bonds is 18. The molecule has 15 nitrogen and oxygen atoms in total. The second-order valence-electron chi connectivity index (χ2n) is 18.8. The van der Waals surface area contributed by atoms with Gasteiger partial charge in [-0.1, -0.05) is 50.8 Å². The molecule has 15 heteroatoms. The van der Waals surface area contributed by atoms with Crippen LogP contribution in [-0.4, -0.2) is 118 Å². The molecule has 4 amide bonds. The largest absolute Gasteiger partial charge is 0.463 e. The van der Waals surface area contributed by atoms with E-state index in [0.717, 1.165) is 51.1 Å². The third-order valence-electron chi connectivity index (χ3n) is 13.3. The number of fused-ring (bicyclic) bond motifs is 1. The Labute approximate surface area is 394 Å². The molecular weight excluding hydrogens is 851 g/mol. The quantitative estimate of drug-likeness (QED) is 0.0853. The highest BCUT2D eigenvalue weighted by molar-refractivity contribution is 5.94. The van der Waals surface area contributed by atoms with Crippen LogP contribution < -0.4 is 10.7 Å². The number of Topliss-reactive ketones (excluding diaryl/α,β-unsaturated/α-hetero) is 1. The van der Waals surface area contributed by atoms with E-state index in [0.29, 0.717) is 25.8 Å². The molecule has 67 heavy (non-hydrogen) atoms.